The molecule has 0 N–H and O–H groups in total. The molecule has 3 aromatic rings. The number of nitrogens with zero attached hydrogens (tertiary/aromatic N) is 5. The van der Waals surface area contributed by atoms with Crippen LogP contribution in [0.4, 0.5) is 10.5 Å². The molecule has 2 aliphatic rings. The van der Waals surface area contributed by atoms with Gasteiger partial charge in [0, 0.05) is 47.6 Å². The van der Waals surface area contributed by atoms with Crippen LogP contribution in [0.3, 0.4) is 0 Å². The molecule has 34 heavy (non-hydrogen) atoms. The van der Waals surface area contributed by atoms with E-state index in [-0.39, 0.29) is 18.6 Å². The highest BCUT2D eigenvalue weighted by molar-refractivity contribution is 7.80. The Hall–Kier alpha value is -3.61. The van der Waals surface area contributed by atoms with Gasteiger partial charge in [-0.2, -0.15) is 0 Å². The third-order valence-corrected chi connectivity index (χ3v) is 6.78. The van der Waals surface area contributed by atoms with Gasteiger partial charge in [0.2, 0.25) is 0 Å². The highest BCUT2D eigenvalue weighted by Crippen LogP contribution is 2.44. The minimum absolute atomic E-state index is 0.0604. The Bertz CT molecular complexity index is 1220. The first kappa shape index (κ1) is 22.2. The van der Waals surface area contributed by atoms with Crippen LogP contribution < -0.4 is 4.90 Å². The van der Waals surface area contributed by atoms with Crippen molar-refractivity contribution < 1.29 is 9.53 Å². The molecule has 0 spiro atoms. The molecule has 0 atom stereocenters. The molecule has 8 heteroatoms. The monoisotopic (exact) mass is 471 g/mol. The van der Waals surface area contributed by atoms with Crippen LogP contribution in [0.15, 0.2) is 76.7 Å². The predicted molar refractivity (Wildman–Crippen MR) is 135 cm³/mol. The van der Waals surface area contributed by atoms with Crippen molar-refractivity contribution in [2.75, 3.05) is 37.7 Å². The molecular formula is C26H25N5O2S. The number of carbonyl (C=O) groups is 1. The second kappa shape index (κ2) is 9.71. The van der Waals surface area contributed by atoms with Crippen LogP contribution in [0.5, 0.6) is 0 Å². The quantitative estimate of drug-likeness (QED) is 0.219. The second-order valence-electron chi connectivity index (χ2n) is 8.52. The lowest BCUT2D eigenvalue weighted by Gasteiger charge is -2.36. The lowest BCUT2D eigenvalue weighted by Crippen LogP contribution is -2.49. The molecule has 1 aliphatic carbocycles. The maximum absolute atomic E-state index is 12.9. The average Bonchev–Trinajstić information content (AvgIpc) is 3.19. The third kappa shape index (κ3) is 4.42. The van der Waals surface area contributed by atoms with Crippen molar-refractivity contribution in [3.63, 3.8) is 0 Å². The Kier molecular flexibility index (Phi) is 6.34. The molecule has 0 unspecified atom stereocenters. The predicted octanol–water partition coefficient (Wildman–Crippen LogP) is 5.86. The van der Waals surface area contributed by atoms with Crippen LogP contribution in [0.1, 0.15) is 22.6 Å². The summed E-state index contributed by atoms with van der Waals surface area (Å²) in [6, 6.07) is 22.6. The summed E-state index contributed by atoms with van der Waals surface area (Å²) in [4.78, 5) is 20.5. The van der Waals surface area contributed by atoms with Crippen molar-refractivity contribution in [3.8, 4) is 11.1 Å². The fourth-order valence-electron chi connectivity index (χ4n) is 4.88. The molecule has 172 valence electrons. The summed E-state index contributed by atoms with van der Waals surface area (Å²) >= 11 is 4.48. The number of fused-ring (bicyclic) bond motifs is 3. The molecule has 1 saturated heterocycles. The maximum atomic E-state index is 12.9. The minimum Gasteiger partial charge on any atom is -0.448 e. The lowest BCUT2D eigenvalue weighted by molar-refractivity contribution is 0.0977. The number of hydrogen-bond acceptors (Lipinski definition) is 5. The summed E-state index contributed by atoms with van der Waals surface area (Å²) in [5.41, 5.74) is 15.4. The molecule has 7 nitrogen and oxygen atoms in total. The second-order valence-corrected chi connectivity index (χ2v) is 9.04. The molecule has 1 heterocycles. The molecular weight excluding hydrogens is 446 g/mol. The number of thiol groups is 1. The summed E-state index contributed by atoms with van der Waals surface area (Å²) in [5.74, 6) is 0.0604. The zero-order valence-electron chi connectivity index (χ0n) is 18.7. The van der Waals surface area contributed by atoms with Crippen LogP contribution >= 0.6 is 12.6 Å². The topological polar surface area (TPSA) is 81.5 Å². The van der Waals surface area contributed by atoms with Gasteiger partial charge in [0.15, 0.2) is 0 Å². The Balaban J connectivity index is 1.21. The van der Waals surface area contributed by atoms with Crippen LogP contribution in [-0.4, -0.2) is 43.8 Å². The van der Waals surface area contributed by atoms with Crippen molar-refractivity contribution in [1.29, 1.82) is 0 Å². The number of piperazine rings is 1. The standard InChI is InChI=1S/C26H25N5O2S/c27-29-28-16-18-13-19(15-20(34)14-18)30-9-11-31(12-10-30)26(32)33-17-25-23-7-3-1-5-21(23)22-6-2-4-8-24(22)25/h1-8,13-15,25,34H,9-12,16-17H2. The smallest absolute Gasteiger partial charge is 0.409 e. The third-order valence-electron chi connectivity index (χ3n) is 6.52. The number of benzene rings is 3. The van der Waals surface area contributed by atoms with Crippen LogP contribution in [0, 0.1) is 0 Å². The zero-order valence-corrected chi connectivity index (χ0v) is 19.6. The fraction of sp³-hybridized carbons (Fsp3) is 0.269. The number of rotatable bonds is 5. The number of hydrogen-bond donors (Lipinski definition) is 1. The first-order chi connectivity index (χ1) is 16.6. The van der Waals surface area contributed by atoms with Gasteiger partial charge in [-0.25, -0.2) is 4.79 Å². The number of amides is 1. The van der Waals surface area contributed by atoms with E-state index in [4.69, 9.17) is 10.3 Å². The van der Waals surface area contributed by atoms with Crippen LogP contribution in [0.25, 0.3) is 21.6 Å². The van der Waals surface area contributed by atoms with Gasteiger partial charge >= 0.3 is 6.09 Å². The normalized spacial score (nSPS) is 14.9. The molecule has 0 radical (unpaired) electrons. The minimum atomic E-state index is -0.270. The number of azide groups is 1. The van der Waals surface area contributed by atoms with Gasteiger partial charge in [0.25, 0.3) is 0 Å². The van der Waals surface area contributed by atoms with Gasteiger partial charge in [-0.3, -0.25) is 0 Å². The van der Waals surface area contributed by atoms with Crippen molar-refractivity contribution in [3.05, 3.63) is 93.9 Å². The van der Waals surface area contributed by atoms with Gasteiger partial charge in [-0.1, -0.05) is 53.6 Å². The molecule has 0 aromatic heterocycles. The van der Waals surface area contributed by atoms with Crippen molar-refractivity contribution in [2.24, 2.45) is 5.11 Å². The molecule has 1 aliphatic heterocycles. The Morgan fingerprint density at radius 3 is 2.29 bits per heavy atom. The first-order valence-electron chi connectivity index (χ1n) is 11.3. The summed E-state index contributed by atoms with van der Waals surface area (Å²) in [6.07, 6.45) is -0.270. The van der Waals surface area contributed by atoms with E-state index in [0.717, 1.165) is 16.1 Å². The lowest BCUT2D eigenvalue weighted by atomic mass is 9.98. The molecule has 1 amide bonds. The van der Waals surface area contributed by atoms with E-state index in [1.807, 2.05) is 42.5 Å². The zero-order chi connectivity index (χ0) is 23.5. The van der Waals surface area contributed by atoms with Gasteiger partial charge < -0.3 is 14.5 Å². The first-order valence-corrected chi connectivity index (χ1v) is 11.8. The Morgan fingerprint density at radius 2 is 1.65 bits per heavy atom. The van der Waals surface area contributed by atoms with E-state index in [9.17, 15) is 4.79 Å². The van der Waals surface area contributed by atoms with E-state index in [2.05, 4.69) is 51.8 Å². The van der Waals surface area contributed by atoms with Gasteiger partial charge in [-0.15, -0.1) is 12.6 Å². The van der Waals surface area contributed by atoms with Crippen molar-refractivity contribution in [2.45, 2.75) is 17.4 Å². The SMILES string of the molecule is [N-]=[N+]=NCc1cc(S)cc(N2CCN(C(=O)OCC3c4ccccc4-c4ccccc43)CC2)c1. The summed E-state index contributed by atoms with van der Waals surface area (Å²) in [7, 11) is 0. The number of anilines is 1. The molecule has 1 fully saturated rings. The van der Waals surface area contributed by atoms with E-state index < -0.39 is 0 Å². The van der Waals surface area contributed by atoms with E-state index in [1.54, 1.807) is 4.90 Å². The van der Waals surface area contributed by atoms with Gasteiger partial charge in [0.1, 0.15) is 6.61 Å². The van der Waals surface area contributed by atoms with Crippen LogP contribution in [-0.2, 0) is 11.3 Å². The summed E-state index contributed by atoms with van der Waals surface area (Å²) in [6.45, 7) is 3.18. The van der Waals surface area contributed by atoms with Crippen LogP contribution in [0.2, 0.25) is 0 Å². The highest BCUT2D eigenvalue weighted by atomic mass is 32.1. The highest BCUT2D eigenvalue weighted by Gasteiger charge is 2.30. The summed E-state index contributed by atoms with van der Waals surface area (Å²) in [5, 5.41) is 3.64. The molecule has 3 aromatic carbocycles. The van der Waals surface area contributed by atoms with Crippen molar-refractivity contribution in [1.82, 2.24) is 4.90 Å². The molecule has 5 rings (SSSR count). The van der Waals surface area contributed by atoms with Crippen molar-refractivity contribution >= 4 is 24.4 Å². The Labute approximate surface area is 204 Å². The van der Waals surface area contributed by atoms with E-state index in [1.165, 1.54) is 22.3 Å². The molecule has 0 saturated carbocycles. The number of carbonyl (C=O) groups excluding carboxylic acids is 1. The average molecular weight is 472 g/mol. The van der Waals surface area contributed by atoms with Gasteiger partial charge in [-0.05, 0) is 51.5 Å². The Morgan fingerprint density at radius 1 is 1.00 bits per heavy atom. The largest absolute Gasteiger partial charge is 0.448 e. The number of ether oxygens (including phenoxy) is 1. The maximum Gasteiger partial charge on any atom is 0.409 e. The van der Waals surface area contributed by atoms with E-state index in [0.29, 0.717) is 32.8 Å². The fourth-order valence-corrected chi connectivity index (χ4v) is 5.17. The van der Waals surface area contributed by atoms with E-state index >= 15 is 0 Å². The summed E-state index contributed by atoms with van der Waals surface area (Å²) < 4.78 is 5.81. The molecule has 0 bridgehead atoms. The van der Waals surface area contributed by atoms with Gasteiger partial charge in [0.05, 0.1) is 6.54 Å².